The molecule has 0 aromatic rings. The lowest BCUT2D eigenvalue weighted by Crippen LogP contribution is -2.50. The lowest BCUT2D eigenvalue weighted by Gasteiger charge is -2.16. The summed E-state index contributed by atoms with van der Waals surface area (Å²) in [6.07, 6.45) is 2.66. The highest BCUT2D eigenvalue weighted by atomic mass is 16.2. The van der Waals surface area contributed by atoms with Crippen LogP contribution >= 0.6 is 0 Å². The number of nitrogens with two attached hydrogens (primary N) is 1. The minimum atomic E-state index is -0.527. The Morgan fingerprint density at radius 2 is 2.00 bits per heavy atom. The van der Waals surface area contributed by atoms with E-state index in [1.807, 2.05) is 6.92 Å². The second kappa shape index (κ2) is 5.11. The van der Waals surface area contributed by atoms with Crippen LogP contribution < -0.4 is 16.4 Å². The summed E-state index contributed by atoms with van der Waals surface area (Å²) < 4.78 is 0. The predicted octanol–water partition coefficient (Wildman–Crippen LogP) is -0.493. The molecule has 86 valence electrons. The zero-order chi connectivity index (χ0) is 11.4. The van der Waals surface area contributed by atoms with Crippen molar-refractivity contribution < 1.29 is 9.59 Å². The minimum Gasteiger partial charge on any atom is -0.352 e. The summed E-state index contributed by atoms with van der Waals surface area (Å²) in [6, 6.07) is -0.714. The van der Waals surface area contributed by atoms with Crippen molar-refractivity contribution in [2.75, 3.05) is 0 Å². The van der Waals surface area contributed by atoms with Gasteiger partial charge in [0.1, 0.15) is 6.04 Å². The first kappa shape index (κ1) is 12.0. The second-order valence-electron chi connectivity index (χ2n) is 4.03. The molecule has 1 saturated carbocycles. The lowest BCUT2D eigenvalue weighted by atomic mass is 10.2. The molecule has 5 nitrogen and oxygen atoms in total. The van der Waals surface area contributed by atoms with E-state index in [4.69, 9.17) is 5.73 Å². The first-order valence-corrected chi connectivity index (χ1v) is 5.41. The zero-order valence-electron chi connectivity index (χ0n) is 9.25. The summed E-state index contributed by atoms with van der Waals surface area (Å²) in [6.45, 7) is 3.50. The average molecular weight is 213 g/mol. The van der Waals surface area contributed by atoms with E-state index in [1.165, 1.54) is 0 Å². The summed E-state index contributed by atoms with van der Waals surface area (Å²) in [5.41, 5.74) is 5.53. The Morgan fingerprint density at radius 3 is 2.47 bits per heavy atom. The van der Waals surface area contributed by atoms with Gasteiger partial charge in [-0.25, -0.2) is 0 Å². The fourth-order valence-corrected chi connectivity index (χ4v) is 1.13. The molecule has 0 saturated heterocycles. The van der Waals surface area contributed by atoms with E-state index in [0.717, 1.165) is 12.8 Å². The van der Waals surface area contributed by atoms with Crippen LogP contribution in [0.5, 0.6) is 0 Å². The standard InChI is InChI=1S/C10H19N3O2/c1-3-8(11)10(15)12-6(2)9(14)13-7-4-5-7/h6-8H,3-5,11H2,1-2H3,(H,12,15)(H,13,14)/t6?,8-/m0/s1. The Balaban J connectivity index is 2.29. The molecule has 0 radical (unpaired) electrons. The van der Waals surface area contributed by atoms with E-state index in [-0.39, 0.29) is 11.8 Å². The van der Waals surface area contributed by atoms with Gasteiger partial charge in [0.2, 0.25) is 11.8 Å². The van der Waals surface area contributed by atoms with Crippen LogP contribution in [0, 0.1) is 0 Å². The van der Waals surface area contributed by atoms with Crippen LogP contribution in [0.3, 0.4) is 0 Å². The van der Waals surface area contributed by atoms with Crippen LogP contribution in [0.1, 0.15) is 33.1 Å². The summed E-state index contributed by atoms with van der Waals surface area (Å²) >= 11 is 0. The van der Waals surface area contributed by atoms with Gasteiger partial charge in [0.15, 0.2) is 0 Å². The van der Waals surface area contributed by atoms with Crippen LogP contribution in [0.4, 0.5) is 0 Å². The molecule has 15 heavy (non-hydrogen) atoms. The van der Waals surface area contributed by atoms with Crippen molar-refractivity contribution in [2.45, 2.75) is 51.2 Å². The van der Waals surface area contributed by atoms with Gasteiger partial charge >= 0.3 is 0 Å². The van der Waals surface area contributed by atoms with Crippen LogP contribution in [-0.2, 0) is 9.59 Å². The Morgan fingerprint density at radius 1 is 1.40 bits per heavy atom. The third-order valence-corrected chi connectivity index (χ3v) is 2.45. The summed E-state index contributed by atoms with van der Waals surface area (Å²) in [5, 5.41) is 5.41. The zero-order valence-corrected chi connectivity index (χ0v) is 9.25. The number of rotatable bonds is 5. The van der Waals surface area contributed by atoms with Gasteiger partial charge in [-0.1, -0.05) is 6.92 Å². The van der Waals surface area contributed by atoms with Gasteiger partial charge in [-0.05, 0) is 26.2 Å². The van der Waals surface area contributed by atoms with Crippen molar-refractivity contribution in [3.8, 4) is 0 Å². The highest BCUT2D eigenvalue weighted by Crippen LogP contribution is 2.18. The summed E-state index contributed by atoms with van der Waals surface area (Å²) in [4.78, 5) is 22.8. The van der Waals surface area contributed by atoms with Crippen molar-refractivity contribution in [2.24, 2.45) is 5.73 Å². The van der Waals surface area contributed by atoms with Gasteiger partial charge in [0.05, 0.1) is 6.04 Å². The fourth-order valence-electron chi connectivity index (χ4n) is 1.13. The second-order valence-corrected chi connectivity index (χ2v) is 4.03. The SMILES string of the molecule is CC[C@H](N)C(=O)NC(C)C(=O)NC1CC1. The van der Waals surface area contributed by atoms with Crippen molar-refractivity contribution in [3.63, 3.8) is 0 Å². The number of amides is 2. The smallest absolute Gasteiger partial charge is 0.242 e. The lowest BCUT2D eigenvalue weighted by molar-refractivity contribution is -0.129. The molecule has 1 aliphatic rings. The van der Waals surface area contributed by atoms with E-state index < -0.39 is 12.1 Å². The molecular formula is C10H19N3O2. The maximum absolute atomic E-state index is 11.5. The molecule has 1 fully saturated rings. The predicted molar refractivity (Wildman–Crippen MR) is 57.0 cm³/mol. The van der Waals surface area contributed by atoms with Gasteiger partial charge in [0, 0.05) is 6.04 Å². The van der Waals surface area contributed by atoms with Gasteiger partial charge in [0.25, 0.3) is 0 Å². The van der Waals surface area contributed by atoms with Gasteiger partial charge in [-0.15, -0.1) is 0 Å². The quantitative estimate of drug-likeness (QED) is 0.576. The largest absolute Gasteiger partial charge is 0.352 e. The van der Waals surface area contributed by atoms with E-state index in [1.54, 1.807) is 6.92 Å². The molecule has 0 aromatic heterocycles. The summed E-state index contributed by atoms with van der Waals surface area (Å²) in [7, 11) is 0. The van der Waals surface area contributed by atoms with Gasteiger partial charge < -0.3 is 16.4 Å². The Bertz CT molecular complexity index is 251. The molecule has 0 aliphatic heterocycles. The van der Waals surface area contributed by atoms with Gasteiger partial charge in [-0.3, -0.25) is 9.59 Å². The molecule has 0 bridgehead atoms. The first-order chi connectivity index (χ1) is 7.04. The van der Waals surface area contributed by atoms with E-state index in [2.05, 4.69) is 10.6 Å². The molecule has 5 heteroatoms. The number of hydrogen-bond donors (Lipinski definition) is 3. The fraction of sp³-hybridized carbons (Fsp3) is 0.800. The van der Waals surface area contributed by atoms with Crippen molar-refractivity contribution in [3.05, 3.63) is 0 Å². The molecule has 0 spiro atoms. The number of carbonyl (C=O) groups is 2. The first-order valence-electron chi connectivity index (χ1n) is 5.41. The average Bonchev–Trinajstić information content (AvgIpc) is 3.00. The maximum atomic E-state index is 11.5. The number of hydrogen-bond acceptors (Lipinski definition) is 3. The third kappa shape index (κ3) is 3.87. The molecular weight excluding hydrogens is 194 g/mol. The summed E-state index contributed by atoms with van der Waals surface area (Å²) in [5.74, 6) is -0.398. The molecule has 2 atom stereocenters. The molecule has 1 aliphatic carbocycles. The maximum Gasteiger partial charge on any atom is 0.242 e. The Hall–Kier alpha value is -1.10. The minimum absolute atomic E-state index is 0.130. The topological polar surface area (TPSA) is 84.2 Å². The molecule has 0 heterocycles. The van der Waals surface area contributed by atoms with E-state index in [0.29, 0.717) is 12.5 Å². The number of carbonyl (C=O) groups excluding carboxylic acids is 2. The van der Waals surface area contributed by atoms with E-state index >= 15 is 0 Å². The van der Waals surface area contributed by atoms with Crippen molar-refractivity contribution in [1.29, 1.82) is 0 Å². The normalized spacial score (nSPS) is 19.1. The molecule has 1 rings (SSSR count). The molecule has 4 N–H and O–H groups in total. The Kier molecular flexibility index (Phi) is 4.08. The highest BCUT2D eigenvalue weighted by molar-refractivity contribution is 5.89. The molecule has 1 unspecified atom stereocenters. The molecule has 0 aromatic carbocycles. The van der Waals surface area contributed by atoms with Crippen LogP contribution in [0.25, 0.3) is 0 Å². The highest BCUT2D eigenvalue weighted by Gasteiger charge is 2.26. The van der Waals surface area contributed by atoms with Crippen LogP contribution in [0.15, 0.2) is 0 Å². The van der Waals surface area contributed by atoms with Gasteiger partial charge in [-0.2, -0.15) is 0 Å². The monoisotopic (exact) mass is 213 g/mol. The van der Waals surface area contributed by atoms with E-state index in [9.17, 15) is 9.59 Å². The van der Waals surface area contributed by atoms with Crippen LogP contribution in [0.2, 0.25) is 0 Å². The van der Waals surface area contributed by atoms with Crippen molar-refractivity contribution >= 4 is 11.8 Å². The third-order valence-electron chi connectivity index (χ3n) is 2.45. The Labute approximate surface area is 89.8 Å². The molecule has 2 amide bonds. The number of nitrogens with one attached hydrogen (secondary N) is 2. The van der Waals surface area contributed by atoms with Crippen molar-refractivity contribution in [1.82, 2.24) is 10.6 Å². The van der Waals surface area contributed by atoms with Crippen LogP contribution in [-0.4, -0.2) is 29.9 Å².